The number of aromatic amines is 2. The summed E-state index contributed by atoms with van der Waals surface area (Å²) >= 11 is 0. The zero-order valence-corrected chi connectivity index (χ0v) is 22.0. The fraction of sp³-hybridized carbons (Fsp3) is 0.310. The maximum atomic E-state index is 13.5. The number of carbonyl (C=O) groups excluding carboxylic acids is 2. The molecule has 4 aromatic rings. The van der Waals surface area contributed by atoms with E-state index in [2.05, 4.69) is 32.1 Å². The number of nitrogens with zero attached hydrogens (tertiary/aromatic N) is 3. The zero-order valence-electron chi connectivity index (χ0n) is 22.0. The predicted octanol–water partition coefficient (Wildman–Crippen LogP) is 3.78. The van der Waals surface area contributed by atoms with Crippen molar-refractivity contribution in [3.63, 3.8) is 0 Å². The first-order valence-corrected chi connectivity index (χ1v) is 12.7. The van der Waals surface area contributed by atoms with Gasteiger partial charge in [-0.25, -0.2) is 14.8 Å². The quantitative estimate of drug-likeness (QED) is 0.329. The molecule has 3 heterocycles. The summed E-state index contributed by atoms with van der Waals surface area (Å²) in [6.07, 6.45) is 3.82. The zero-order chi connectivity index (χ0) is 27.4. The van der Waals surface area contributed by atoms with Crippen LogP contribution >= 0.6 is 0 Å². The number of H-pyrrole nitrogens is 2. The molecule has 1 aliphatic heterocycles. The lowest BCUT2D eigenvalue weighted by molar-refractivity contribution is -0.137. The van der Waals surface area contributed by atoms with Gasteiger partial charge in [0.05, 0.1) is 48.5 Å². The third-order valence-electron chi connectivity index (χ3n) is 6.96. The first-order valence-electron chi connectivity index (χ1n) is 12.7. The number of benzene rings is 2. The van der Waals surface area contributed by atoms with Gasteiger partial charge in [0, 0.05) is 24.8 Å². The van der Waals surface area contributed by atoms with Crippen molar-refractivity contribution in [2.75, 3.05) is 20.8 Å². The number of carbonyl (C=O) groups is 2. The number of alkyl carbamates (subject to hydrolysis) is 1. The van der Waals surface area contributed by atoms with Crippen LogP contribution < -0.4 is 5.32 Å². The van der Waals surface area contributed by atoms with Crippen LogP contribution in [-0.4, -0.2) is 69.7 Å². The second kappa shape index (κ2) is 11.4. The molecule has 10 nitrogen and oxygen atoms in total. The molecule has 3 N–H and O–H groups in total. The summed E-state index contributed by atoms with van der Waals surface area (Å²) < 4.78 is 10.1. The standard InChI is InChI=1S/C29H30N6O4/c1-18(38-2)26(34-29(37)39-3)28(36)35-14-4-5-25(35)27-32-22-13-10-20(15-23(22)33-27)7-6-19-8-11-21(12-9-19)24-16-30-17-31-24/h8-13,15-18,25-26H,4-5,14H2,1-3H3,(H,30,31)(H,32,33)(H,34,37). The molecule has 0 aliphatic carbocycles. The number of imidazole rings is 2. The van der Waals surface area contributed by atoms with Crippen LogP contribution in [0.25, 0.3) is 22.3 Å². The first-order chi connectivity index (χ1) is 19.0. The fourth-order valence-electron chi connectivity index (χ4n) is 4.75. The van der Waals surface area contributed by atoms with E-state index in [4.69, 9.17) is 14.5 Å². The van der Waals surface area contributed by atoms with Gasteiger partial charge in [0.25, 0.3) is 0 Å². The van der Waals surface area contributed by atoms with Gasteiger partial charge in [0.2, 0.25) is 5.91 Å². The van der Waals surface area contributed by atoms with Crippen molar-refractivity contribution >= 4 is 23.0 Å². The van der Waals surface area contributed by atoms with Crippen molar-refractivity contribution in [2.24, 2.45) is 0 Å². The molecular formula is C29H30N6O4. The molecule has 0 radical (unpaired) electrons. The summed E-state index contributed by atoms with van der Waals surface area (Å²) in [6.45, 7) is 2.30. The highest BCUT2D eigenvalue weighted by Gasteiger charge is 2.38. The smallest absolute Gasteiger partial charge is 0.407 e. The Kier molecular flexibility index (Phi) is 7.61. The molecule has 1 saturated heterocycles. The van der Waals surface area contributed by atoms with E-state index in [1.54, 1.807) is 24.3 Å². The number of amides is 2. The summed E-state index contributed by atoms with van der Waals surface area (Å²) in [7, 11) is 2.76. The monoisotopic (exact) mass is 526 g/mol. The maximum Gasteiger partial charge on any atom is 0.407 e. The molecule has 200 valence electrons. The molecule has 2 aromatic heterocycles. The van der Waals surface area contributed by atoms with Gasteiger partial charge in [0.1, 0.15) is 11.9 Å². The minimum Gasteiger partial charge on any atom is -0.453 e. The van der Waals surface area contributed by atoms with E-state index in [0.717, 1.165) is 46.3 Å². The van der Waals surface area contributed by atoms with Gasteiger partial charge in [-0.2, -0.15) is 0 Å². The molecule has 1 aliphatic rings. The van der Waals surface area contributed by atoms with Crippen molar-refractivity contribution in [2.45, 2.75) is 38.0 Å². The van der Waals surface area contributed by atoms with Gasteiger partial charge in [0.15, 0.2) is 0 Å². The summed E-state index contributed by atoms with van der Waals surface area (Å²) in [5.74, 6) is 6.91. The van der Waals surface area contributed by atoms with Crippen LogP contribution in [0.5, 0.6) is 0 Å². The summed E-state index contributed by atoms with van der Waals surface area (Å²) in [5.41, 5.74) is 5.41. The SMILES string of the molecule is COC(=O)NC(C(=O)N1CCCC1c1nc2ccc(C#Cc3ccc(-c4cnc[nH]4)cc3)cc2[nH]1)C(C)OC. The van der Waals surface area contributed by atoms with Crippen LogP contribution in [0, 0.1) is 11.8 Å². The molecular weight excluding hydrogens is 496 g/mol. The highest BCUT2D eigenvalue weighted by molar-refractivity contribution is 5.87. The number of ether oxygens (including phenoxy) is 2. The highest BCUT2D eigenvalue weighted by Crippen LogP contribution is 2.32. The molecule has 5 rings (SSSR count). The van der Waals surface area contributed by atoms with E-state index in [9.17, 15) is 9.59 Å². The van der Waals surface area contributed by atoms with Crippen molar-refractivity contribution < 1.29 is 19.1 Å². The number of hydrogen-bond donors (Lipinski definition) is 3. The topological polar surface area (TPSA) is 125 Å². The number of rotatable bonds is 6. The molecule has 10 heteroatoms. The Balaban J connectivity index is 1.34. The molecule has 39 heavy (non-hydrogen) atoms. The van der Waals surface area contributed by atoms with Gasteiger partial charge < -0.3 is 29.7 Å². The normalized spacial score (nSPS) is 16.4. The van der Waals surface area contributed by atoms with Crippen LogP contribution in [-0.2, 0) is 14.3 Å². The average Bonchev–Trinajstić information content (AvgIpc) is 3.74. The van der Waals surface area contributed by atoms with E-state index in [0.29, 0.717) is 12.4 Å². The Bertz CT molecular complexity index is 1520. The second-order valence-electron chi connectivity index (χ2n) is 9.39. The van der Waals surface area contributed by atoms with Gasteiger partial charge in [-0.1, -0.05) is 24.0 Å². The van der Waals surface area contributed by atoms with Crippen molar-refractivity contribution in [3.8, 4) is 23.1 Å². The summed E-state index contributed by atoms with van der Waals surface area (Å²) in [6, 6.07) is 12.7. The van der Waals surface area contributed by atoms with E-state index in [1.165, 1.54) is 14.2 Å². The van der Waals surface area contributed by atoms with Crippen LogP contribution in [0.15, 0.2) is 55.0 Å². The summed E-state index contributed by atoms with van der Waals surface area (Å²) in [4.78, 5) is 42.4. The summed E-state index contributed by atoms with van der Waals surface area (Å²) in [5, 5.41) is 2.61. The molecule has 3 atom stereocenters. The van der Waals surface area contributed by atoms with Crippen LogP contribution in [0.2, 0.25) is 0 Å². The number of likely N-dealkylation sites (tertiary alicyclic amines) is 1. The predicted molar refractivity (Wildman–Crippen MR) is 146 cm³/mol. The van der Waals surface area contributed by atoms with Gasteiger partial charge in [-0.05, 0) is 55.7 Å². The minimum absolute atomic E-state index is 0.234. The first kappa shape index (κ1) is 26.0. The number of nitrogens with one attached hydrogen (secondary N) is 3. The largest absolute Gasteiger partial charge is 0.453 e. The molecule has 2 aromatic carbocycles. The lowest BCUT2D eigenvalue weighted by Gasteiger charge is -2.30. The number of fused-ring (bicyclic) bond motifs is 1. The van der Waals surface area contributed by atoms with E-state index >= 15 is 0 Å². The van der Waals surface area contributed by atoms with Crippen LogP contribution in [0.3, 0.4) is 0 Å². The maximum absolute atomic E-state index is 13.5. The second-order valence-corrected chi connectivity index (χ2v) is 9.39. The van der Waals surface area contributed by atoms with Crippen molar-refractivity contribution in [1.82, 2.24) is 30.2 Å². The van der Waals surface area contributed by atoms with Crippen molar-refractivity contribution in [1.29, 1.82) is 0 Å². The van der Waals surface area contributed by atoms with E-state index in [1.807, 2.05) is 42.5 Å². The van der Waals surface area contributed by atoms with Gasteiger partial charge in [-0.15, -0.1) is 0 Å². The van der Waals surface area contributed by atoms with E-state index in [-0.39, 0.29) is 11.9 Å². The molecule has 3 unspecified atom stereocenters. The molecule has 2 amide bonds. The highest BCUT2D eigenvalue weighted by atomic mass is 16.5. The third-order valence-corrected chi connectivity index (χ3v) is 6.96. The lowest BCUT2D eigenvalue weighted by atomic mass is 10.1. The third kappa shape index (κ3) is 5.63. The Morgan fingerprint density at radius 2 is 1.90 bits per heavy atom. The van der Waals surface area contributed by atoms with Crippen LogP contribution in [0.4, 0.5) is 4.79 Å². The molecule has 0 saturated carbocycles. The van der Waals surface area contributed by atoms with Gasteiger partial charge in [-0.3, -0.25) is 4.79 Å². The fourth-order valence-corrected chi connectivity index (χ4v) is 4.75. The number of aromatic nitrogens is 4. The van der Waals surface area contributed by atoms with Crippen molar-refractivity contribution in [3.05, 3.63) is 71.9 Å². The Morgan fingerprint density at radius 1 is 1.13 bits per heavy atom. The van der Waals surface area contributed by atoms with Crippen LogP contribution in [0.1, 0.15) is 42.8 Å². The Labute approximate surface area is 226 Å². The number of hydrogen-bond acceptors (Lipinski definition) is 6. The Hall–Kier alpha value is -4.62. The lowest BCUT2D eigenvalue weighted by Crippen LogP contribution is -2.54. The Morgan fingerprint density at radius 3 is 2.62 bits per heavy atom. The molecule has 1 fully saturated rings. The molecule has 0 spiro atoms. The number of methoxy groups -OCH3 is 2. The molecule has 0 bridgehead atoms. The minimum atomic E-state index is -0.872. The average molecular weight is 527 g/mol. The van der Waals surface area contributed by atoms with Gasteiger partial charge >= 0.3 is 6.09 Å². The van der Waals surface area contributed by atoms with E-state index < -0.39 is 18.2 Å².